The lowest BCUT2D eigenvalue weighted by Gasteiger charge is -2.43. The number of para-hydroxylation sites is 1. The third-order valence-electron chi connectivity index (χ3n) is 29.2. The summed E-state index contributed by atoms with van der Waals surface area (Å²) in [6.07, 6.45) is 1.90. The van der Waals surface area contributed by atoms with E-state index in [2.05, 4.69) is 220 Å². The van der Waals surface area contributed by atoms with E-state index in [4.69, 9.17) is 90.6 Å². The lowest BCUT2D eigenvalue weighted by molar-refractivity contribution is -0.151. The summed E-state index contributed by atoms with van der Waals surface area (Å²) in [6.45, 7) is 20.4. The number of rotatable bonds is 12. The summed E-state index contributed by atoms with van der Waals surface area (Å²) >= 11 is 12.6. The topological polar surface area (TPSA) is 251 Å². The van der Waals surface area contributed by atoms with Crippen LogP contribution in [0.4, 0.5) is 47.3 Å². The number of benzene rings is 12. The number of hydrogen-bond acceptors (Lipinski definition) is 21. The third-order valence-corrected chi connectivity index (χ3v) is 29.7. The number of nitrogens with zero attached hydrogens (tertiary/aromatic N) is 2. The number of anilines is 6. The molecule has 7 N–H and O–H groups in total. The number of aromatic hydroxyl groups is 1. The van der Waals surface area contributed by atoms with Crippen molar-refractivity contribution in [3.05, 3.63) is 382 Å². The van der Waals surface area contributed by atoms with Crippen molar-refractivity contribution in [2.75, 3.05) is 98.3 Å². The molecule has 18 atom stereocenters. The molecule has 12 aliphatic heterocycles. The van der Waals surface area contributed by atoms with Gasteiger partial charge in [-0.15, -0.1) is 0 Å². The van der Waals surface area contributed by atoms with Gasteiger partial charge in [0.05, 0.1) is 114 Å². The third kappa shape index (κ3) is 21.1. The van der Waals surface area contributed by atoms with E-state index in [0.29, 0.717) is 100 Å². The fourth-order valence-electron chi connectivity index (χ4n) is 21.7. The Balaban J connectivity index is 0.000000105. The second-order valence-corrected chi connectivity index (χ2v) is 40.1. The molecule has 25 rings (SSSR count). The molecule has 0 radical (unpaired) electrons. The first-order valence-corrected chi connectivity index (χ1v) is 50.5. The maximum absolute atomic E-state index is 14.3. The van der Waals surface area contributed by atoms with Crippen LogP contribution in [0.2, 0.25) is 10.0 Å². The van der Waals surface area contributed by atoms with Gasteiger partial charge in [-0.2, -0.15) is 10.5 Å². The number of nitriles is 2. The molecular weight excluding hydrogens is 1850 g/mol. The van der Waals surface area contributed by atoms with E-state index in [1.54, 1.807) is 30.3 Å². The smallest absolute Gasteiger partial charge is 0.164 e. The molecule has 740 valence electrons. The predicted octanol–water partition coefficient (Wildman–Crippen LogP) is 25.9. The van der Waals surface area contributed by atoms with Crippen molar-refractivity contribution in [2.45, 2.75) is 207 Å². The first-order chi connectivity index (χ1) is 69.7. The molecule has 26 heteroatoms. The molecule has 1 aliphatic carbocycles. The molecule has 0 aromatic heterocycles. The molecule has 13 aliphatic rings. The molecular formula is C117H119Cl2F3N8O13. The predicted molar refractivity (Wildman–Crippen MR) is 546 cm³/mol. The highest BCUT2D eigenvalue weighted by molar-refractivity contribution is 6.31. The first kappa shape index (κ1) is 98.5. The number of halogens is 5. The van der Waals surface area contributed by atoms with E-state index in [0.717, 1.165) is 96.1 Å². The highest BCUT2D eigenvalue weighted by atomic mass is 35.5. The zero-order chi connectivity index (χ0) is 98.6. The maximum Gasteiger partial charge on any atom is 0.164 e. The van der Waals surface area contributed by atoms with Gasteiger partial charge in [0.2, 0.25) is 0 Å². The van der Waals surface area contributed by atoms with Crippen LogP contribution in [0.1, 0.15) is 257 Å². The number of fused-ring (bicyclic) bond motifs is 18. The van der Waals surface area contributed by atoms with Crippen molar-refractivity contribution in [1.29, 1.82) is 10.5 Å². The second-order valence-electron chi connectivity index (χ2n) is 39.2. The molecule has 0 amide bonds. The molecule has 21 nitrogen and oxygen atoms in total. The number of aryl methyl sites for hydroxylation is 1. The van der Waals surface area contributed by atoms with Crippen molar-refractivity contribution in [1.82, 2.24) is 0 Å². The molecule has 1 saturated carbocycles. The maximum atomic E-state index is 14.3. The van der Waals surface area contributed by atoms with Gasteiger partial charge < -0.3 is 93.8 Å². The fraction of sp³-hybridized carbons (Fsp3) is 0.368. The number of nitrogens with one attached hydrogen (secondary N) is 6. The number of ether oxygens (including phenoxy) is 12. The van der Waals surface area contributed by atoms with Crippen LogP contribution in [0.5, 0.6) is 5.75 Å². The first-order valence-electron chi connectivity index (χ1n) is 49.8. The summed E-state index contributed by atoms with van der Waals surface area (Å²) in [6, 6.07) is 84.5. The van der Waals surface area contributed by atoms with Crippen LogP contribution in [0.15, 0.2) is 249 Å². The normalized spacial score (nSPS) is 25.9. The second kappa shape index (κ2) is 44.0. The summed E-state index contributed by atoms with van der Waals surface area (Å²) in [5.41, 5.74) is 27.3. The van der Waals surface area contributed by atoms with Crippen LogP contribution in [0.3, 0.4) is 0 Å². The van der Waals surface area contributed by atoms with E-state index in [1.807, 2.05) is 66.7 Å². The van der Waals surface area contributed by atoms with Gasteiger partial charge in [-0.1, -0.05) is 229 Å². The number of phenolic OH excluding ortho intramolecular Hbond substituents is 1. The standard InChI is InChI=1S/C20H22ClNO3.C20H20N2O2.C20H21NO2.C19H17ClN2O2.C19H19F2NO2.C19H20FNO2/c1-11(2)12-3-6-17-15(9-12)19-20(25-8-7-24-19)18(22-17)14-5-4-13(23)10-16(14)21;1-13-4-2-3-5-15(13)18-20-19(23-10-11-24-20)16-12-14(8-9-21)6-7-17(16)22-18;1-2-5-14(6-3-1)17-20-19(22-11-12-23-20)16-8-4-7-15(13-9-10-13)18(16)21-17;20-14-3-1-2-13(11-14)17-19-18(23-8-9-24-19)15-10-12(6-7-21)4-5-16(15)22-17;1-10(2)11-6-7-15-13(8-11)18-19(24-9-23-18)17(22-15)12-4-3-5-14(20)16(12)21;1-11(2)13-5-8-16-15(9-13)18-19(23-10-22-18)17(21-16)12-3-6-14(20)7-4-12/h3-6,9-11,18-20,22-23H,7-8H2,1-2H3;2-7,12,18-20,22H,8,10-11H2,1H3;1-8,13,17,19-21H,9-12H2;1-5,10-11,17-19,22H,6,8-9H2;3-8,10,17-19,22H,9H2,1-2H3;3-9,11,17-19,21H,10H2,1-2H3. The van der Waals surface area contributed by atoms with E-state index in [1.165, 1.54) is 81.2 Å². The minimum Gasteiger partial charge on any atom is -0.508 e. The molecule has 12 aromatic rings. The van der Waals surface area contributed by atoms with Crippen LogP contribution < -0.4 is 31.9 Å². The zero-order valence-corrected chi connectivity index (χ0v) is 82.4. The lowest BCUT2D eigenvalue weighted by atomic mass is 9.85. The van der Waals surface area contributed by atoms with Gasteiger partial charge in [-0.3, -0.25) is 0 Å². The Labute approximate surface area is 843 Å². The largest absolute Gasteiger partial charge is 0.508 e. The summed E-state index contributed by atoms with van der Waals surface area (Å²) in [4.78, 5) is 0. The van der Waals surface area contributed by atoms with Crippen molar-refractivity contribution in [3.8, 4) is 17.9 Å². The van der Waals surface area contributed by atoms with Crippen LogP contribution in [0.25, 0.3) is 0 Å². The molecule has 7 fully saturated rings. The molecule has 143 heavy (non-hydrogen) atoms. The Kier molecular flexibility index (Phi) is 30.3. The summed E-state index contributed by atoms with van der Waals surface area (Å²) in [5, 5.41) is 50.2. The Hall–Kier alpha value is -11.9. The fourth-order valence-corrected chi connectivity index (χ4v) is 22.2. The minimum absolute atomic E-state index is 0.0247. The Morgan fingerprint density at radius 1 is 0.336 bits per heavy atom. The lowest BCUT2D eigenvalue weighted by Crippen LogP contribution is -2.43. The SMILES string of the molecule is CC(C)c1ccc2c(c1)C1OCCOC1C(c1ccc(O)cc1Cl)N2.CC(C)c1ccc2c(c1)C1OCOC1C(c1ccc(F)cc1)N2.CC(C)c1ccc2c(c1)C1OCOC1C(c1cccc(F)c1F)N2.Cc1ccccc1C1Nc2ccc(CC#N)cc2C2OCCOC12.N#CCc1ccc2c(c1)C1OCCOC1C(c1cccc(Cl)c1)N2.c1ccc(C2Nc3c(C4CC4)cccc3C3OCCOC23)cc1. The minimum atomic E-state index is -0.856. The zero-order valence-electron chi connectivity index (χ0n) is 80.9. The van der Waals surface area contributed by atoms with Gasteiger partial charge in [0.1, 0.15) is 98.4 Å². The van der Waals surface area contributed by atoms with Gasteiger partial charge in [0, 0.05) is 83.1 Å². The Morgan fingerprint density at radius 2 is 0.720 bits per heavy atom. The molecule has 0 spiro atoms. The van der Waals surface area contributed by atoms with Gasteiger partial charge in [-0.25, -0.2) is 13.2 Å². The van der Waals surface area contributed by atoms with Crippen molar-refractivity contribution in [3.63, 3.8) is 0 Å². The quantitative estimate of drug-likeness (QED) is 0.0600. The molecule has 12 aromatic carbocycles. The molecule has 12 heterocycles. The van der Waals surface area contributed by atoms with Gasteiger partial charge in [0.15, 0.2) is 11.6 Å². The average molecular weight is 1970 g/mol. The summed E-state index contributed by atoms with van der Waals surface area (Å²) < 4.78 is 113. The van der Waals surface area contributed by atoms with Gasteiger partial charge >= 0.3 is 0 Å². The van der Waals surface area contributed by atoms with Gasteiger partial charge in [-0.05, 0) is 195 Å². The van der Waals surface area contributed by atoms with Crippen molar-refractivity contribution < 1.29 is 75.1 Å². The van der Waals surface area contributed by atoms with Crippen LogP contribution in [-0.4, -0.2) is 108 Å². The monoisotopic (exact) mass is 1970 g/mol. The number of phenols is 1. The molecule has 6 saturated heterocycles. The van der Waals surface area contributed by atoms with E-state index in [-0.39, 0.29) is 121 Å². The van der Waals surface area contributed by atoms with Crippen molar-refractivity contribution >= 4 is 57.3 Å². The van der Waals surface area contributed by atoms with Gasteiger partial charge in [0.25, 0.3) is 0 Å². The highest BCUT2D eigenvalue weighted by Gasteiger charge is 2.50. The Morgan fingerprint density at radius 3 is 1.22 bits per heavy atom. The summed E-state index contributed by atoms with van der Waals surface area (Å²) in [5.74, 6) is 0.269. The van der Waals surface area contributed by atoms with E-state index < -0.39 is 23.8 Å². The average Bonchev–Trinajstić information content (AvgIpc) is 1.45. The van der Waals surface area contributed by atoms with Crippen LogP contribution >= 0.6 is 23.2 Å². The highest BCUT2D eigenvalue weighted by Crippen LogP contribution is 2.56. The van der Waals surface area contributed by atoms with E-state index >= 15 is 0 Å². The molecule has 18 unspecified atom stereocenters. The van der Waals surface area contributed by atoms with Crippen molar-refractivity contribution in [2.24, 2.45) is 0 Å². The van der Waals surface area contributed by atoms with Crippen LogP contribution in [-0.2, 0) is 69.7 Å². The van der Waals surface area contributed by atoms with E-state index in [9.17, 15) is 18.3 Å². The molecule has 0 bridgehead atoms. The van der Waals surface area contributed by atoms with Crippen LogP contribution in [0, 0.1) is 47.0 Å². The Bertz CT molecular complexity index is 6630. The number of hydrogen-bond donors (Lipinski definition) is 7. The summed E-state index contributed by atoms with van der Waals surface area (Å²) in [7, 11) is 0.